The summed E-state index contributed by atoms with van der Waals surface area (Å²) < 4.78 is 47.5. The van der Waals surface area contributed by atoms with Crippen LogP contribution in [0.3, 0.4) is 0 Å². The van der Waals surface area contributed by atoms with Gasteiger partial charge >= 0.3 is 5.97 Å². The third-order valence-corrected chi connectivity index (χ3v) is 4.30. The number of aliphatic hydroxyl groups excluding tert-OH is 1. The van der Waals surface area contributed by atoms with E-state index in [1.807, 2.05) is 0 Å². The number of hydrogen-bond acceptors (Lipinski definition) is 4. The summed E-state index contributed by atoms with van der Waals surface area (Å²) >= 11 is 0. The lowest BCUT2D eigenvalue weighted by molar-refractivity contribution is -0.146. The highest BCUT2D eigenvalue weighted by Gasteiger charge is 2.20. The molecule has 2 aromatic carbocycles. The van der Waals surface area contributed by atoms with Crippen molar-refractivity contribution in [2.24, 2.45) is 0 Å². The van der Waals surface area contributed by atoms with Gasteiger partial charge in [-0.3, -0.25) is 4.79 Å². The molecule has 1 aromatic heterocycles. The fourth-order valence-electron chi connectivity index (χ4n) is 2.95. The number of carboxylic acid groups (broad SMARTS) is 1. The number of carbonyl (C=O) groups excluding carboxylic acids is 1. The zero-order chi connectivity index (χ0) is 21.3. The Labute approximate surface area is 162 Å². The SMILES string of the molecule is COc1cccc2c1c(/C(O)=C/C(=O)C(=O)O)cn2Cc1ccc(F)c(F)c1F. The van der Waals surface area contributed by atoms with E-state index >= 15 is 0 Å². The monoisotopic (exact) mass is 405 g/mol. The second-order valence-corrected chi connectivity index (χ2v) is 6.06. The molecule has 0 aliphatic rings. The number of ether oxygens (including phenoxy) is 1. The predicted molar refractivity (Wildman–Crippen MR) is 97.2 cm³/mol. The Hall–Kier alpha value is -3.75. The van der Waals surface area contributed by atoms with E-state index in [0.29, 0.717) is 22.7 Å². The van der Waals surface area contributed by atoms with Gasteiger partial charge in [-0.15, -0.1) is 0 Å². The van der Waals surface area contributed by atoms with E-state index in [0.717, 1.165) is 12.1 Å². The van der Waals surface area contributed by atoms with Crippen LogP contribution in [-0.2, 0) is 16.1 Å². The molecule has 0 saturated carbocycles. The lowest BCUT2D eigenvalue weighted by Gasteiger charge is -2.08. The second kappa shape index (κ2) is 7.70. The minimum Gasteiger partial charge on any atom is -0.507 e. The molecule has 0 bridgehead atoms. The van der Waals surface area contributed by atoms with Gasteiger partial charge in [-0.05, 0) is 18.2 Å². The van der Waals surface area contributed by atoms with Crippen LogP contribution in [0.15, 0.2) is 42.6 Å². The van der Waals surface area contributed by atoms with Gasteiger partial charge in [-0.1, -0.05) is 12.1 Å². The van der Waals surface area contributed by atoms with Crippen molar-refractivity contribution in [3.8, 4) is 5.75 Å². The maximum atomic E-state index is 14.1. The van der Waals surface area contributed by atoms with Gasteiger partial charge in [-0.25, -0.2) is 18.0 Å². The summed E-state index contributed by atoms with van der Waals surface area (Å²) in [6, 6.07) is 6.67. The van der Waals surface area contributed by atoms with Crippen molar-refractivity contribution in [2.75, 3.05) is 7.11 Å². The Bertz CT molecular complexity index is 1170. The summed E-state index contributed by atoms with van der Waals surface area (Å²) in [5.41, 5.74) is 0.321. The van der Waals surface area contributed by atoms with Crippen LogP contribution in [0.25, 0.3) is 16.7 Å². The first kappa shape index (κ1) is 20.0. The summed E-state index contributed by atoms with van der Waals surface area (Å²) in [4.78, 5) is 22.2. The smallest absolute Gasteiger partial charge is 0.376 e. The van der Waals surface area contributed by atoms with E-state index in [1.165, 1.54) is 17.9 Å². The van der Waals surface area contributed by atoms with Gasteiger partial charge in [0.1, 0.15) is 11.5 Å². The molecule has 150 valence electrons. The van der Waals surface area contributed by atoms with Crippen LogP contribution < -0.4 is 4.74 Å². The largest absolute Gasteiger partial charge is 0.507 e. The van der Waals surface area contributed by atoms with Crippen LogP contribution >= 0.6 is 0 Å². The third-order valence-electron chi connectivity index (χ3n) is 4.30. The highest BCUT2D eigenvalue weighted by atomic mass is 19.2. The quantitative estimate of drug-likeness (QED) is 0.283. The average Bonchev–Trinajstić information content (AvgIpc) is 3.07. The van der Waals surface area contributed by atoms with Gasteiger partial charge in [0.2, 0.25) is 0 Å². The zero-order valence-electron chi connectivity index (χ0n) is 14.9. The molecule has 0 radical (unpaired) electrons. The number of rotatable bonds is 6. The van der Waals surface area contributed by atoms with Crippen LogP contribution in [0.5, 0.6) is 5.75 Å². The molecule has 0 fully saturated rings. The molecule has 0 aliphatic heterocycles. The topological polar surface area (TPSA) is 88.8 Å². The molecule has 3 rings (SSSR count). The molecule has 9 heteroatoms. The molecular formula is C20H14F3NO5. The molecule has 0 atom stereocenters. The van der Waals surface area contributed by atoms with E-state index in [-0.39, 0.29) is 17.7 Å². The molecule has 0 spiro atoms. The normalized spacial score (nSPS) is 11.7. The molecule has 1 heterocycles. The number of fused-ring (bicyclic) bond motifs is 1. The number of nitrogens with zero attached hydrogens (tertiary/aromatic N) is 1. The second-order valence-electron chi connectivity index (χ2n) is 6.06. The van der Waals surface area contributed by atoms with Crippen molar-refractivity contribution in [1.82, 2.24) is 4.57 Å². The Morgan fingerprint density at radius 2 is 1.83 bits per heavy atom. The number of aliphatic carboxylic acids is 1. The number of aromatic nitrogens is 1. The van der Waals surface area contributed by atoms with Crippen molar-refractivity contribution in [2.45, 2.75) is 6.54 Å². The Morgan fingerprint density at radius 1 is 1.10 bits per heavy atom. The van der Waals surface area contributed by atoms with Gasteiger partial charge in [-0.2, -0.15) is 0 Å². The van der Waals surface area contributed by atoms with Crippen LogP contribution in [-0.4, -0.2) is 33.6 Å². The minimum atomic E-state index is -1.75. The molecule has 2 N–H and O–H groups in total. The summed E-state index contributed by atoms with van der Waals surface area (Å²) in [5, 5.41) is 19.3. The van der Waals surface area contributed by atoms with Crippen LogP contribution in [0.1, 0.15) is 11.1 Å². The molecule has 0 unspecified atom stereocenters. The lowest BCUT2D eigenvalue weighted by Crippen LogP contribution is -2.09. The predicted octanol–water partition coefficient (Wildman–Crippen LogP) is 3.67. The number of ketones is 1. The van der Waals surface area contributed by atoms with Crippen molar-refractivity contribution in [1.29, 1.82) is 0 Å². The van der Waals surface area contributed by atoms with E-state index < -0.39 is 35.0 Å². The first-order valence-corrected chi connectivity index (χ1v) is 8.21. The van der Waals surface area contributed by atoms with Crippen molar-refractivity contribution in [3.63, 3.8) is 0 Å². The van der Waals surface area contributed by atoms with Crippen molar-refractivity contribution in [3.05, 3.63) is 71.2 Å². The van der Waals surface area contributed by atoms with Gasteiger partial charge in [0.15, 0.2) is 17.5 Å². The summed E-state index contributed by atoms with van der Waals surface area (Å²) in [6.45, 7) is -0.229. The lowest BCUT2D eigenvalue weighted by atomic mass is 10.1. The average molecular weight is 405 g/mol. The molecule has 29 heavy (non-hydrogen) atoms. The fraction of sp³-hybridized carbons (Fsp3) is 0.100. The van der Waals surface area contributed by atoms with Gasteiger partial charge in [0.05, 0.1) is 24.6 Å². The van der Waals surface area contributed by atoms with Gasteiger partial charge in [0.25, 0.3) is 5.78 Å². The Morgan fingerprint density at radius 3 is 2.48 bits per heavy atom. The summed E-state index contributed by atoms with van der Waals surface area (Å²) in [5.74, 6) is -7.72. The zero-order valence-corrected chi connectivity index (χ0v) is 14.9. The maximum Gasteiger partial charge on any atom is 0.376 e. The van der Waals surface area contributed by atoms with E-state index in [2.05, 4.69) is 0 Å². The van der Waals surface area contributed by atoms with Crippen LogP contribution in [0.4, 0.5) is 13.2 Å². The summed E-state index contributed by atoms with van der Waals surface area (Å²) in [6.07, 6.45) is 1.86. The molecule has 0 amide bonds. The first-order chi connectivity index (χ1) is 13.7. The number of aliphatic hydroxyl groups is 1. The molecule has 6 nitrogen and oxygen atoms in total. The molecule has 0 saturated heterocycles. The molecule has 3 aromatic rings. The highest BCUT2D eigenvalue weighted by Crippen LogP contribution is 2.34. The highest BCUT2D eigenvalue weighted by molar-refractivity contribution is 6.38. The first-order valence-electron chi connectivity index (χ1n) is 8.21. The van der Waals surface area contributed by atoms with E-state index in [4.69, 9.17) is 9.84 Å². The number of carboxylic acids is 1. The number of hydrogen-bond donors (Lipinski definition) is 2. The van der Waals surface area contributed by atoms with E-state index in [9.17, 15) is 27.9 Å². The maximum absolute atomic E-state index is 14.1. The summed E-state index contributed by atoms with van der Waals surface area (Å²) in [7, 11) is 1.37. The Balaban J connectivity index is 2.19. The minimum absolute atomic E-state index is 0.0510. The number of benzene rings is 2. The van der Waals surface area contributed by atoms with Gasteiger partial charge in [0, 0.05) is 23.4 Å². The van der Waals surface area contributed by atoms with E-state index in [1.54, 1.807) is 18.2 Å². The third kappa shape index (κ3) is 3.66. The van der Waals surface area contributed by atoms with Crippen molar-refractivity contribution >= 4 is 28.4 Å². The number of methoxy groups -OCH3 is 1. The molecular weight excluding hydrogens is 391 g/mol. The fourth-order valence-corrected chi connectivity index (χ4v) is 2.95. The number of carbonyl (C=O) groups is 2. The number of halogens is 3. The van der Waals surface area contributed by atoms with Crippen LogP contribution in [0.2, 0.25) is 0 Å². The van der Waals surface area contributed by atoms with Crippen molar-refractivity contribution < 1.29 is 37.7 Å². The standard InChI is InChI=1S/C20H14F3NO5/c1-29-16-4-2-3-13-17(16)11(14(25)7-15(26)20(27)28)9-24(13)8-10-5-6-12(21)19(23)18(10)22/h2-7,9,25H,8H2,1H3,(H,27,28)/b14-7-. The van der Waals surface area contributed by atoms with Gasteiger partial charge < -0.3 is 19.5 Å². The van der Waals surface area contributed by atoms with Crippen LogP contribution in [0, 0.1) is 17.5 Å². The molecule has 0 aliphatic carbocycles. The Kier molecular flexibility index (Phi) is 5.31.